The van der Waals surface area contributed by atoms with Crippen LogP contribution in [0.25, 0.3) is 0 Å². The summed E-state index contributed by atoms with van der Waals surface area (Å²) in [5.41, 5.74) is 1.24. The SMILES string of the molecule is CC(=O)NC1C=CC(c2ccncc2)CN1.Cl. The van der Waals surface area contributed by atoms with Gasteiger partial charge in [-0.25, -0.2) is 0 Å². The second-order valence-corrected chi connectivity index (χ2v) is 3.86. The van der Waals surface area contributed by atoms with Gasteiger partial charge in [-0.3, -0.25) is 15.1 Å². The molecular formula is C12H16ClN3O. The zero-order chi connectivity index (χ0) is 11.4. The third kappa shape index (κ3) is 3.84. The fourth-order valence-corrected chi connectivity index (χ4v) is 1.79. The van der Waals surface area contributed by atoms with Crippen molar-refractivity contribution in [1.29, 1.82) is 0 Å². The third-order valence-corrected chi connectivity index (χ3v) is 2.59. The van der Waals surface area contributed by atoms with Crippen molar-refractivity contribution < 1.29 is 4.79 Å². The van der Waals surface area contributed by atoms with Crippen LogP contribution in [-0.2, 0) is 4.79 Å². The molecule has 0 radical (unpaired) electrons. The normalized spacial score (nSPS) is 22.6. The van der Waals surface area contributed by atoms with E-state index in [1.807, 2.05) is 18.2 Å². The standard InChI is InChI=1S/C12H15N3O.ClH/c1-9(16)15-12-3-2-11(8-14-12)10-4-6-13-7-5-10;/h2-7,11-12,14H,8H2,1H3,(H,15,16);1H. The molecule has 0 spiro atoms. The van der Waals surface area contributed by atoms with Crippen molar-refractivity contribution in [3.8, 4) is 0 Å². The highest BCUT2D eigenvalue weighted by Crippen LogP contribution is 2.18. The summed E-state index contributed by atoms with van der Waals surface area (Å²) in [5, 5.41) is 6.06. The van der Waals surface area contributed by atoms with Crippen LogP contribution in [0.4, 0.5) is 0 Å². The quantitative estimate of drug-likeness (QED) is 0.779. The molecule has 4 nitrogen and oxygen atoms in total. The van der Waals surface area contributed by atoms with Crippen molar-refractivity contribution in [2.45, 2.75) is 19.0 Å². The van der Waals surface area contributed by atoms with Crippen LogP contribution in [0, 0.1) is 0 Å². The molecule has 1 aromatic heterocycles. The third-order valence-electron chi connectivity index (χ3n) is 2.59. The number of halogens is 1. The van der Waals surface area contributed by atoms with Crippen molar-refractivity contribution in [3.05, 3.63) is 42.2 Å². The average molecular weight is 254 g/mol. The van der Waals surface area contributed by atoms with E-state index < -0.39 is 0 Å². The molecule has 0 aromatic carbocycles. The molecule has 17 heavy (non-hydrogen) atoms. The summed E-state index contributed by atoms with van der Waals surface area (Å²) in [4.78, 5) is 14.9. The molecule has 1 amide bonds. The Bertz CT molecular complexity index is 394. The lowest BCUT2D eigenvalue weighted by molar-refractivity contribution is -0.119. The largest absolute Gasteiger partial charge is 0.337 e. The Morgan fingerprint density at radius 1 is 1.41 bits per heavy atom. The fourth-order valence-electron chi connectivity index (χ4n) is 1.79. The van der Waals surface area contributed by atoms with E-state index in [-0.39, 0.29) is 24.5 Å². The van der Waals surface area contributed by atoms with Crippen molar-refractivity contribution in [1.82, 2.24) is 15.6 Å². The maximum atomic E-state index is 10.9. The van der Waals surface area contributed by atoms with Crippen LogP contribution in [0.2, 0.25) is 0 Å². The van der Waals surface area contributed by atoms with Crippen LogP contribution in [0.15, 0.2) is 36.7 Å². The molecular weight excluding hydrogens is 238 g/mol. The Kier molecular flexibility index (Phi) is 5.12. The van der Waals surface area contributed by atoms with Crippen LogP contribution >= 0.6 is 12.4 Å². The second-order valence-electron chi connectivity index (χ2n) is 3.86. The monoisotopic (exact) mass is 253 g/mol. The van der Waals surface area contributed by atoms with Gasteiger partial charge in [0.2, 0.25) is 5.91 Å². The Morgan fingerprint density at radius 2 is 2.12 bits per heavy atom. The zero-order valence-corrected chi connectivity index (χ0v) is 10.4. The highest BCUT2D eigenvalue weighted by atomic mass is 35.5. The summed E-state index contributed by atoms with van der Waals surface area (Å²) in [7, 11) is 0. The van der Waals surface area contributed by atoms with Gasteiger partial charge < -0.3 is 5.32 Å². The number of hydrogen-bond donors (Lipinski definition) is 2. The lowest BCUT2D eigenvalue weighted by atomic mass is 9.97. The minimum absolute atomic E-state index is 0. The molecule has 2 unspecified atom stereocenters. The van der Waals surface area contributed by atoms with E-state index >= 15 is 0 Å². The number of pyridine rings is 1. The Labute approximate surface area is 107 Å². The lowest BCUT2D eigenvalue weighted by Crippen LogP contribution is -2.46. The van der Waals surface area contributed by atoms with Gasteiger partial charge in [0.1, 0.15) is 0 Å². The molecule has 0 aliphatic carbocycles. The minimum Gasteiger partial charge on any atom is -0.337 e. The van der Waals surface area contributed by atoms with Crippen LogP contribution in [0.3, 0.4) is 0 Å². The van der Waals surface area contributed by atoms with E-state index in [0.29, 0.717) is 5.92 Å². The molecule has 2 heterocycles. The molecule has 2 N–H and O–H groups in total. The predicted molar refractivity (Wildman–Crippen MR) is 69.0 cm³/mol. The molecule has 92 valence electrons. The molecule has 0 bridgehead atoms. The fraction of sp³-hybridized carbons (Fsp3) is 0.333. The van der Waals surface area contributed by atoms with Crippen molar-refractivity contribution in [3.63, 3.8) is 0 Å². The van der Waals surface area contributed by atoms with E-state index in [9.17, 15) is 4.79 Å². The first-order chi connectivity index (χ1) is 7.75. The van der Waals surface area contributed by atoms with E-state index in [4.69, 9.17) is 0 Å². The van der Waals surface area contributed by atoms with Crippen molar-refractivity contribution in [2.75, 3.05) is 6.54 Å². The molecule has 0 saturated heterocycles. The number of rotatable bonds is 2. The van der Waals surface area contributed by atoms with Gasteiger partial charge in [-0.2, -0.15) is 0 Å². The summed E-state index contributed by atoms with van der Waals surface area (Å²) in [6.07, 6.45) is 7.64. The lowest BCUT2D eigenvalue weighted by Gasteiger charge is -2.25. The zero-order valence-electron chi connectivity index (χ0n) is 9.59. The molecule has 5 heteroatoms. The van der Waals surface area contributed by atoms with Crippen LogP contribution in [-0.4, -0.2) is 23.6 Å². The number of hydrogen-bond acceptors (Lipinski definition) is 3. The number of carbonyl (C=O) groups is 1. The van der Waals surface area contributed by atoms with Gasteiger partial charge in [0, 0.05) is 31.8 Å². The van der Waals surface area contributed by atoms with Gasteiger partial charge in [-0.1, -0.05) is 12.2 Å². The summed E-state index contributed by atoms with van der Waals surface area (Å²) >= 11 is 0. The van der Waals surface area contributed by atoms with E-state index in [1.165, 1.54) is 12.5 Å². The van der Waals surface area contributed by atoms with Crippen LogP contribution in [0.1, 0.15) is 18.4 Å². The van der Waals surface area contributed by atoms with Crippen LogP contribution in [0.5, 0.6) is 0 Å². The van der Waals surface area contributed by atoms with Gasteiger partial charge in [-0.15, -0.1) is 12.4 Å². The van der Waals surface area contributed by atoms with Gasteiger partial charge in [0.25, 0.3) is 0 Å². The molecule has 1 aliphatic rings. The van der Waals surface area contributed by atoms with Crippen molar-refractivity contribution in [2.24, 2.45) is 0 Å². The van der Waals surface area contributed by atoms with E-state index in [0.717, 1.165) is 6.54 Å². The van der Waals surface area contributed by atoms with Gasteiger partial charge >= 0.3 is 0 Å². The summed E-state index contributed by atoms with van der Waals surface area (Å²) in [5.74, 6) is 0.331. The maximum Gasteiger partial charge on any atom is 0.218 e. The molecule has 1 aliphatic heterocycles. The predicted octanol–water partition coefficient (Wildman–Crippen LogP) is 1.21. The number of carbonyl (C=O) groups excluding carboxylic acids is 1. The van der Waals surface area contributed by atoms with Gasteiger partial charge in [0.05, 0.1) is 6.17 Å². The van der Waals surface area contributed by atoms with E-state index in [2.05, 4.69) is 21.7 Å². The molecule has 2 rings (SSSR count). The first-order valence-corrected chi connectivity index (χ1v) is 5.34. The first-order valence-electron chi connectivity index (χ1n) is 5.34. The Balaban J connectivity index is 0.00000144. The minimum atomic E-state index is -0.0458. The average Bonchev–Trinajstić information content (AvgIpc) is 2.30. The van der Waals surface area contributed by atoms with Gasteiger partial charge in [0.15, 0.2) is 0 Å². The second kappa shape index (κ2) is 6.37. The number of aromatic nitrogens is 1. The molecule has 0 fully saturated rings. The number of nitrogens with zero attached hydrogens (tertiary/aromatic N) is 1. The van der Waals surface area contributed by atoms with E-state index in [1.54, 1.807) is 12.4 Å². The Morgan fingerprint density at radius 3 is 2.65 bits per heavy atom. The summed E-state index contributed by atoms with van der Waals surface area (Å²) in [6, 6.07) is 4.02. The first kappa shape index (κ1) is 13.7. The van der Waals surface area contributed by atoms with Crippen LogP contribution < -0.4 is 10.6 Å². The molecule has 2 atom stereocenters. The number of nitrogens with one attached hydrogen (secondary N) is 2. The Hall–Kier alpha value is -1.39. The summed E-state index contributed by atoms with van der Waals surface area (Å²) in [6.45, 7) is 2.34. The highest BCUT2D eigenvalue weighted by molar-refractivity contribution is 5.85. The molecule has 1 aromatic rings. The maximum absolute atomic E-state index is 10.9. The van der Waals surface area contributed by atoms with Crippen molar-refractivity contribution >= 4 is 18.3 Å². The van der Waals surface area contributed by atoms with Gasteiger partial charge in [-0.05, 0) is 17.7 Å². The summed E-state index contributed by atoms with van der Waals surface area (Å²) < 4.78 is 0. The highest BCUT2D eigenvalue weighted by Gasteiger charge is 2.16. The smallest absolute Gasteiger partial charge is 0.218 e. The number of amides is 1. The topological polar surface area (TPSA) is 54.0 Å². The molecule has 0 saturated carbocycles.